The number of amides is 1. The molecule has 2 aromatic heterocycles. The molecule has 0 saturated heterocycles. The largest absolute Gasteiger partial charge is 0.447 e. The molecule has 0 fully saturated rings. The molecule has 12 heteroatoms. The smallest absolute Gasteiger partial charge is 0.444 e. The third-order valence-electron chi connectivity index (χ3n) is 4.85. The van der Waals surface area contributed by atoms with Crippen LogP contribution in [0.4, 0.5) is 4.79 Å². The number of rotatable bonds is 7. The number of benzene rings is 1. The van der Waals surface area contributed by atoms with Crippen LogP contribution in [0.25, 0.3) is 22.2 Å². The van der Waals surface area contributed by atoms with Crippen molar-refractivity contribution in [3.63, 3.8) is 0 Å². The molecule has 0 spiro atoms. The molecule has 1 N–H and O–H groups in total. The lowest BCUT2D eigenvalue weighted by molar-refractivity contribution is 0.152. The van der Waals surface area contributed by atoms with Gasteiger partial charge in [0.1, 0.15) is 0 Å². The highest BCUT2D eigenvalue weighted by molar-refractivity contribution is 7.92. The molecule has 3 aromatic rings. The molecule has 2 heterocycles. The fraction of sp³-hybridized carbons (Fsp3) is 0.400. The molecule has 0 atom stereocenters. The molecule has 0 unspecified atom stereocenters. The predicted octanol–water partition coefficient (Wildman–Crippen LogP) is 1.58. The average Bonchev–Trinajstić information content (AvgIpc) is 3.21. The number of aromatic nitrogens is 4. The molecular weight excluding hydrogens is 438 g/mol. The highest BCUT2D eigenvalue weighted by atomic mass is 32.2. The van der Waals surface area contributed by atoms with Gasteiger partial charge in [-0.1, -0.05) is 18.3 Å². The number of sulfonamides is 1. The van der Waals surface area contributed by atoms with E-state index in [-0.39, 0.29) is 26.6 Å². The van der Waals surface area contributed by atoms with E-state index >= 15 is 0 Å². The first-order valence-corrected chi connectivity index (χ1v) is 12.0. The van der Waals surface area contributed by atoms with Crippen molar-refractivity contribution in [2.75, 3.05) is 17.3 Å². The molecule has 172 valence electrons. The molecular formula is C20H25N5O6S. The van der Waals surface area contributed by atoms with Gasteiger partial charge in [0, 0.05) is 18.3 Å². The van der Waals surface area contributed by atoms with Gasteiger partial charge in [-0.2, -0.15) is 5.10 Å². The molecule has 0 aliphatic rings. The van der Waals surface area contributed by atoms with E-state index < -0.39 is 27.4 Å². The van der Waals surface area contributed by atoms with Crippen molar-refractivity contribution >= 4 is 27.0 Å². The van der Waals surface area contributed by atoms with Crippen molar-refractivity contribution < 1.29 is 17.9 Å². The summed E-state index contributed by atoms with van der Waals surface area (Å²) in [7, 11) is -4.35. The van der Waals surface area contributed by atoms with Crippen LogP contribution in [0.5, 0.6) is 0 Å². The zero-order valence-corrected chi connectivity index (χ0v) is 19.1. The van der Waals surface area contributed by atoms with Crippen LogP contribution < -0.4 is 15.7 Å². The van der Waals surface area contributed by atoms with Crippen LogP contribution in [0.15, 0.2) is 34.0 Å². The Morgan fingerprint density at radius 3 is 2.53 bits per heavy atom. The van der Waals surface area contributed by atoms with Crippen LogP contribution >= 0.6 is 0 Å². The Bertz CT molecular complexity index is 1390. The number of carbonyl (C=O) groups is 1. The highest BCUT2D eigenvalue weighted by Crippen LogP contribution is 2.27. The van der Waals surface area contributed by atoms with E-state index in [9.17, 15) is 22.8 Å². The molecule has 3 rings (SSSR count). The van der Waals surface area contributed by atoms with Crippen LogP contribution in [0.1, 0.15) is 32.8 Å². The molecule has 0 aliphatic carbocycles. The molecule has 11 nitrogen and oxygen atoms in total. The molecule has 0 aliphatic heterocycles. The summed E-state index contributed by atoms with van der Waals surface area (Å²) in [5.41, 5.74) is 0.543. The topological polar surface area (TPSA) is 136 Å². The first kappa shape index (κ1) is 23.3. The normalized spacial score (nSPS) is 11.6. The van der Waals surface area contributed by atoms with Crippen molar-refractivity contribution in [3.8, 4) is 11.3 Å². The lowest BCUT2D eigenvalue weighted by atomic mass is 9.99. The second-order valence-electron chi connectivity index (χ2n) is 7.11. The minimum atomic E-state index is -4.35. The number of nitrogens with one attached hydrogen (secondary N) is 1. The fourth-order valence-electron chi connectivity index (χ4n) is 3.42. The maximum atomic E-state index is 13.3. The van der Waals surface area contributed by atoms with E-state index in [1.807, 2.05) is 13.8 Å². The molecule has 0 bridgehead atoms. The van der Waals surface area contributed by atoms with Gasteiger partial charge in [0.25, 0.3) is 15.6 Å². The number of aryl methyl sites for hydroxylation is 2. The molecule has 0 radical (unpaired) electrons. The van der Waals surface area contributed by atoms with Crippen molar-refractivity contribution in [2.24, 2.45) is 0 Å². The van der Waals surface area contributed by atoms with Crippen molar-refractivity contribution in [2.45, 2.75) is 40.2 Å². The third kappa shape index (κ3) is 4.17. The first-order chi connectivity index (χ1) is 15.1. The van der Waals surface area contributed by atoms with E-state index in [4.69, 9.17) is 4.74 Å². The summed E-state index contributed by atoms with van der Waals surface area (Å²) in [5.74, 6) is 0. The number of fused-ring (bicyclic) bond motifs is 1. The quantitative estimate of drug-likeness (QED) is 0.562. The Kier molecular flexibility index (Phi) is 6.53. The second-order valence-corrected chi connectivity index (χ2v) is 8.92. The average molecular weight is 464 g/mol. The summed E-state index contributed by atoms with van der Waals surface area (Å²) < 4.78 is 31.6. The van der Waals surface area contributed by atoms with Gasteiger partial charge in [-0.3, -0.25) is 9.48 Å². The van der Waals surface area contributed by atoms with Gasteiger partial charge in [-0.25, -0.2) is 18.0 Å². The Morgan fingerprint density at radius 1 is 1.22 bits per heavy atom. The summed E-state index contributed by atoms with van der Waals surface area (Å²) in [4.78, 5) is 40.9. The van der Waals surface area contributed by atoms with Crippen LogP contribution in [-0.2, 0) is 27.7 Å². The first-order valence-electron chi connectivity index (χ1n) is 10.1. The highest BCUT2D eigenvalue weighted by Gasteiger charge is 2.31. The van der Waals surface area contributed by atoms with Crippen LogP contribution in [0, 0.1) is 0 Å². The van der Waals surface area contributed by atoms with Crippen molar-refractivity contribution in [3.05, 3.63) is 50.8 Å². The van der Waals surface area contributed by atoms with Crippen molar-refractivity contribution in [1.29, 1.82) is 0 Å². The van der Waals surface area contributed by atoms with E-state index in [0.717, 1.165) is 16.8 Å². The summed E-state index contributed by atoms with van der Waals surface area (Å²) in [6.45, 7) is 6.12. The Balaban J connectivity index is 2.33. The summed E-state index contributed by atoms with van der Waals surface area (Å²) in [5, 5.41) is 4.30. The maximum absolute atomic E-state index is 13.3. The van der Waals surface area contributed by atoms with Gasteiger partial charge in [-0.05, 0) is 43.5 Å². The van der Waals surface area contributed by atoms with E-state index in [1.54, 1.807) is 36.0 Å². The lowest BCUT2D eigenvalue weighted by Gasteiger charge is -2.20. The number of nitrogens with zero attached hydrogens (tertiary/aromatic N) is 4. The number of ether oxygens (including phenoxy) is 1. The summed E-state index contributed by atoms with van der Waals surface area (Å²) >= 11 is 0. The van der Waals surface area contributed by atoms with E-state index in [1.165, 1.54) is 0 Å². The minimum absolute atomic E-state index is 0.0394. The SMILES string of the molecule is CCCOC(=O)N(n1c(=O)[nH]c2cc(CC)c(-c3ccnn3CC)cc2c1=O)S(C)(=O)=O. The summed E-state index contributed by atoms with van der Waals surface area (Å²) in [6.07, 6.45) is 2.06. The number of hydrogen-bond donors (Lipinski definition) is 1. The molecule has 32 heavy (non-hydrogen) atoms. The van der Waals surface area contributed by atoms with Gasteiger partial charge in [0.05, 0.1) is 29.5 Å². The van der Waals surface area contributed by atoms with Gasteiger partial charge in [-0.15, -0.1) is 4.68 Å². The number of aromatic amines is 1. The fourth-order valence-corrected chi connectivity index (χ4v) is 4.19. The van der Waals surface area contributed by atoms with Crippen LogP contribution in [-0.4, -0.2) is 46.8 Å². The number of hydrogen-bond acceptors (Lipinski definition) is 7. The summed E-state index contributed by atoms with van der Waals surface area (Å²) in [6, 6.07) is 5.05. The standard InChI is InChI=1S/C20H25N5O6S/c1-5-10-31-20(28)25(32(4,29)30)24-18(26)15-12-14(17-8-9-21-23(17)7-3)13(6-2)11-16(15)22-19(24)27/h8-9,11-12H,5-7,10H2,1-4H3,(H,22,27). The second kappa shape index (κ2) is 8.99. The Morgan fingerprint density at radius 2 is 1.94 bits per heavy atom. The number of H-pyrrole nitrogens is 1. The molecule has 1 amide bonds. The van der Waals surface area contributed by atoms with Crippen LogP contribution in [0.3, 0.4) is 0 Å². The Hall–Kier alpha value is -3.41. The molecule has 1 aromatic carbocycles. The van der Waals surface area contributed by atoms with E-state index in [2.05, 4.69) is 10.1 Å². The number of carbonyl (C=O) groups excluding carboxylic acids is 1. The van der Waals surface area contributed by atoms with Gasteiger partial charge in [0.15, 0.2) is 0 Å². The van der Waals surface area contributed by atoms with Crippen LogP contribution in [0.2, 0.25) is 0 Å². The lowest BCUT2D eigenvalue weighted by Crippen LogP contribution is -2.56. The van der Waals surface area contributed by atoms with Gasteiger partial charge >= 0.3 is 11.8 Å². The third-order valence-corrected chi connectivity index (χ3v) is 5.80. The van der Waals surface area contributed by atoms with Gasteiger partial charge < -0.3 is 9.72 Å². The monoisotopic (exact) mass is 463 g/mol. The zero-order valence-electron chi connectivity index (χ0n) is 18.3. The minimum Gasteiger partial charge on any atom is -0.447 e. The van der Waals surface area contributed by atoms with Gasteiger partial charge in [0.2, 0.25) is 0 Å². The van der Waals surface area contributed by atoms with Crippen molar-refractivity contribution in [1.82, 2.24) is 19.4 Å². The zero-order chi connectivity index (χ0) is 23.6. The maximum Gasteiger partial charge on any atom is 0.444 e. The Labute approximate surface area is 184 Å². The predicted molar refractivity (Wildman–Crippen MR) is 120 cm³/mol. The molecule has 0 saturated carbocycles. The van der Waals surface area contributed by atoms with E-state index in [0.29, 0.717) is 25.6 Å².